The molecule has 0 atom stereocenters. The maximum atomic E-state index is 12.0. The first-order valence-corrected chi connectivity index (χ1v) is 9.89. The minimum Gasteiger partial charge on any atom is -0.458 e. The number of fused-ring (bicyclic) bond motifs is 1. The van der Waals surface area contributed by atoms with E-state index in [1.54, 1.807) is 34.0 Å². The van der Waals surface area contributed by atoms with Crippen molar-refractivity contribution < 1.29 is 9.53 Å². The molecule has 0 unspecified atom stereocenters. The fraction of sp³-hybridized carbons (Fsp3) is 0.118. The molecule has 0 radical (unpaired) electrons. The van der Waals surface area contributed by atoms with E-state index in [9.17, 15) is 4.79 Å². The molecule has 1 aromatic carbocycles. The number of aromatic nitrogens is 2. The summed E-state index contributed by atoms with van der Waals surface area (Å²) in [5.41, 5.74) is 2.78. The van der Waals surface area contributed by atoms with Gasteiger partial charge < -0.3 is 4.74 Å². The smallest absolute Gasteiger partial charge is 0.312 e. The van der Waals surface area contributed by atoms with Gasteiger partial charge in [0.2, 0.25) is 0 Å². The lowest BCUT2D eigenvalue weighted by atomic mass is 10.3. The van der Waals surface area contributed by atoms with Gasteiger partial charge in [-0.05, 0) is 23.6 Å². The third-order valence-electron chi connectivity index (χ3n) is 3.34. The van der Waals surface area contributed by atoms with E-state index in [2.05, 4.69) is 9.97 Å². The van der Waals surface area contributed by atoms with Crippen LogP contribution in [0.15, 0.2) is 46.5 Å². The molecule has 0 aliphatic carbocycles. The highest BCUT2D eigenvalue weighted by atomic mass is 32.1. The quantitative estimate of drug-likeness (QED) is 0.474. The Kier molecular flexibility index (Phi) is 4.38. The zero-order chi connectivity index (χ0) is 16.4. The second-order valence-electron chi connectivity index (χ2n) is 5.07. The molecule has 3 heterocycles. The summed E-state index contributed by atoms with van der Waals surface area (Å²) in [6.45, 7) is 0.208. The van der Waals surface area contributed by atoms with Gasteiger partial charge in [0.1, 0.15) is 16.6 Å². The number of hydrogen-bond donors (Lipinski definition) is 0. The molecule has 4 nitrogen and oxygen atoms in total. The Morgan fingerprint density at radius 3 is 2.88 bits per heavy atom. The zero-order valence-corrected chi connectivity index (χ0v) is 14.9. The van der Waals surface area contributed by atoms with Crippen molar-refractivity contribution in [3.63, 3.8) is 0 Å². The van der Waals surface area contributed by atoms with Crippen LogP contribution in [0.2, 0.25) is 0 Å². The minimum atomic E-state index is -0.281. The molecule has 0 N–H and O–H groups in total. The van der Waals surface area contributed by atoms with E-state index < -0.39 is 0 Å². The highest BCUT2D eigenvalue weighted by Crippen LogP contribution is 2.26. The zero-order valence-electron chi connectivity index (χ0n) is 12.5. The van der Waals surface area contributed by atoms with Crippen LogP contribution < -0.4 is 0 Å². The number of thiazole rings is 2. The predicted octanol–water partition coefficient (Wildman–Crippen LogP) is 4.77. The van der Waals surface area contributed by atoms with Gasteiger partial charge in [-0.1, -0.05) is 12.1 Å². The largest absolute Gasteiger partial charge is 0.458 e. The number of hydrogen-bond acceptors (Lipinski definition) is 7. The summed E-state index contributed by atoms with van der Waals surface area (Å²) < 4.78 is 6.44. The van der Waals surface area contributed by atoms with E-state index in [4.69, 9.17) is 4.74 Å². The number of ether oxygens (including phenoxy) is 1. The lowest BCUT2D eigenvalue weighted by molar-refractivity contribution is -0.144. The third-order valence-corrected chi connectivity index (χ3v) is 5.97. The van der Waals surface area contributed by atoms with Crippen molar-refractivity contribution in [1.82, 2.24) is 9.97 Å². The van der Waals surface area contributed by atoms with Crippen molar-refractivity contribution in [3.05, 3.63) is 57.2 Å². The molecule has 4 rings (SSSR count). The van der Waals surface area contributed by atoms with Crippen LogP contribution in [-0.2, 0) is 22.6 Å². The standard InChI is InChI=1S/C17H12N2O2S3/c20-16(7-12-10-23-17(18-12)11-5-6-22-9-11)21-8-15-19-13-3-1-2-4-14(13)24-15/h1-6,9-10H,7-8H2. The average molecular weight is 372 g/mol. The van der Waals surface area contributed by atoms with Crippen LogP contribution in [0.4, 0.5) is 0 Å². The van der Waals surface area contributed by atoms with Crippen molar-refractivity contribution in [3.8, 4) is 10.6 Å². The first kappa shape index (κ1) is 15.4. The molecule has 0 spiro atoms. The van der Waals surface area contributed by atoms with E-state index in [-0.39, 0.29) is 19.0 Å². The van der Waals surface area contributed by atoms with Gasteiger partial charge in [0.15, 0.2) is 0 Å². The summed E-state index contributed by atoms with van der Waals surface area (Å²) in [5, 5.41) is 7.72. The van der Waals surface area contributed by atoms with Crippen LogP contribution in [0.25, 0.3) is 20.8 Å². The second-order valence-corrected chi connectivity index (χ2v) is 7.82. The third kappa shape index (κ3) is 3.38. The van der Waals surface area contributed by atoms with Gasteiger partial charge in [0.05, 0.1) is 22.3 Å². The topological polar surface area (TPSA) is 52.1 Å². The van der Waals surface area contributed by atoms with Crippen LogP contribution in [0, 0.1) is 0 Å². The molecule has 3 aromatic heterocycles. The molecule has 7 heteroatoms. The van der Waals surface area contributed by atoms with E-state index >= 15 is 0 Å². The van der Waals surface area contributed by atoms with Crippen molar-refractivity contribution in [2.24, 2.45) is 0 Å². The number of benzene rings is 1. The first-order chi connectivity index (χ1) is 11.8. The lowest BCUT2D eigenvalue weighted by Crippen LogP contribution is -2.08. The van der Waals surface area contributed by atoms with E-state index in [0.29, 0.717) is 0 Å². The summed E-state index contributed by atoms with van der Waals surface area (Å²) in [4.78, 5) is 21.0. The fourth-order valence-electron chi connectivity index (χ4n) is 2.23. The summed E-state index contributed by atoms with van der Waals surface area (Å²) >= 11 is 4.73. The highest BCUT2D eigenvalue weighted by Gasteiger charge is 2.12. The molecule has 0 fully saturated rings. The number of carbonyl (C=O) groups is 1. The maximum absolute atomic E-state index is 12.0. The van der Waals surface area contributed by atoms with Gasteiger partial charge in [-0.3, -0.25) is 4.79 Å². The second kappa shape index (κ2) is 6.80. The van der Waals surface area contributed by atoms with E-state index in [1.165, 1.54) is 0 Å². The van der Waals surface area contributed by atoms with Gasteiger partial charge in [0, 0.05) is 16.3 Å². The number of carbonyl (C=O) groups excluding carboxylic acids is 1. The van der Waals surface area contributed by atoms with E-state index in [0.717, 1.165) is 31.5 Å². The van der Waals surface area contributed by atoms with Crippen LogP contribution in [0.1, 0.15) is 10.7 Å². The van der Waals surface area contributed by atoms with Gasteiger partial charge in [0.25, 0.3) is 0 Å². The Balaban J connectivity index is 1.36. The molecule has 0 bridgehead atoms. The average Bonchev–Trinajstić information content (AvgIpc) is 3.32. The molecule has 4 aromatic rings. The Labute approximate surface area is 150 Å². The van der Waals surface area contributed by atoms with Crippen LogP contribution in [0.5, 0.6) is 0 Å². The lowest BCUT2D eigenvalue weighted by Gasteiger charge is -2.00. The minimum absolute atomic E-state index is 0.186. The molecule has 0 saturated heterocycles. The molecule has 0 aliphatic heterocycles. The number of thiophene rings is 1. The Morgan fingerprint density at radius 2 is 2.04 bits per heavy atom. The number of rotatable bonds is 5. The van der Waals surface area contributed by atoms with Crippen molar-refractivity contribution in [1.29, 1.82) is 0 Å². The Hall–Kier alpha value is -2.09. The monoisotopic (exact) mass is 372 g/mol. The van der Waals surface area contributed by atoms with Crippen LogP contribution in [-0.4, -0.2) is 15.9 Å². The first-order valence-electron chi connectivity index (χ1n) is 7.25. The molecular weight excluding hydrogens is 360 g/mol. The van der Waals surface area contributed by atoms with Gasteiger partial charge in [-0.25, -0.2) is 9.97 Å². The Bertz CT molecular complexity index is 940. The summed E-state index contributed by atoms with van der Waals surface area (Å²) in [5.74, 6) is -0.281. The van der Waals surface area contributed by atoms with E-state index in [1.807, 2.05) is 46.5 Å². The van der Waals surface area contributed by atoms with Gasteiger partial charge in [-0.2, -0.15) is 11.3 Å². The predicted molar refractivity (Wildman–Crippen MR) is 98.5 cm³/mol. The van der Waals surface area contributed by atoms with Crippen LogP contribution in [0.3, 0.4) is 0 Å². The van der Waals surface area contributed by atoms with Crippen molar-refractivity contribution in [2.45, 2.75) is 13.0 Å². The SMILES string of the molecule is O=C(Cc1csc(-c2ccsc2)n1)OCc1nc2ccccc2s1. The highest BCUT2D eigenvalue weighted by molar-refractivity contribution is 7.18. The van der Waals surface area contributed by atoms with Crippen molar-refractivity contribution in [2.75, 3.05) is 0 Å². The molecular formula is C17H12N2O2S3. The number of para-hydroxylation sites is 1. The van der Waals surface area contributed by atoms with Gasteiger partial charge >= 0.3 is 5.97 Å². The summed E-state index contributed by atoms with van der Waals surface area (Å²) in [6.07, 6.45) is 0.186. The molecule has 0 saturated carbocycles. The molecule has 0 aliphatic rings. The molecule has 0 amide bonds. The number of nitrogens with zero attached hydrogens (tertiary/aromatic N) is 2. The van der Waals surface area contributed by atoms with Gasteiger partial charge in [-0.15, -0.1) is 22.7 Å². The fourth-order valence-corrected chi connectivity index (χ4v) is 4.64. The molecule has 24 heavy (non-hydrogen) atoms. The molecule has 120 valence electrons. The summed E-state index contributed by atoms with van der Waals surface area (Å²) in [7, 11) is 0. The van der Waals surface area contributed by atoms with Crippen molar-refractivity contribution >= 4 is 50.2 Å². The maximum Gasteiger partial charge on any atom is 0.312 e. The summed E-state index contributed by atoms with van der Waals surface area (Å²) in [6, 6.07) is 9.92. The normalized spacial score (nSPS) is 11.0. The van der Waals surface area contributed by atoms with Crippen LogP contribution >= 0.6 is 34.0 Å². The number of esters is 1. The Morgan fingerprint density at radius 1 is 1.12 bits per heavy atom.